The zero-order valence-electron chi connectivity index (χ0n) is 11.2. The van der Waals surface area contributed by atoms with Gasteiger partial charge in [-0.25, -0.2) is 4.98 Å². The maximum Gasteiger partial charge on any atom is 0.363 e. The van der Waals surface area contributed by atoms with Crippen LogP contribution in [-0.4, -0.2) is 24.9 Å². The van der Waals surface area contributed by atoms with Gasteiger partial charge in [0.1, 0.15) is 11.8 Å². The Morgan fingerprint density at radius 1 is 1.05 bits per heavy atom. The Kier molecular flexibility index (Phi) is 2.59. The number of nitrogens with zero attached hydrogens (tertiary/aromatic N) is 4. The predicted octanol–water partition coefficient (Wildman–Crippen LogP) is 3.08. The van der Waals surface area contributed by atoms with Crippen molar-refractivity contribution < 1.29 is 4.92 Å². The van der Waals surface area contributed by atoms with Gasteiger partial charge in [-0.2, -0.15) is 0 Å². The van der Waals surface area contributed by atoms with Crippen LogP contribution in [0.25, 0.3) is 33.2 Å². The molecule has 7 heteroatoms. The maximum absolute atomic E-state index is 10.6. The van der Waals surface area contributed by atoms with Gasteiger partial charge in [0.25, 0.3) is 0 Å². The fourth-order valence-corrected chi connectivity index (χ4v) is 2.42. The molecule has 4 aromatic heterocycles. The van der Waals surface area contributed by atoms with Crippen molar-refractivity contribution in [2.75, 3.05) is 0 Å². The molecule has 0 aliphatic rings. The molecule has 0 spiro atoms. The zero-order chi connectivity index (χ0) is 15.1. The highest BCUT2D eigenvalue weighted by Gasteiger charge is 2.11. The lowest BCUT2D eigenvalue weighted by Gasteiger charge is -1.99. The molecule has 0 bridgehead atoms. The van der Waals surface area contributed by atoms with Crippen molar-refractivity contribution in [1.82, 2.24) is 19.9 Å². The molecule has 106 valence electrons. The summed E-state index contributed by atoms with van der Waals surface area (Å²) in [5, 5.41) is 12.6. The number of aromatic nitrogens is 4. The third kappa shape index (κ3) is 1.87. The monoisotopic (exact) mass is 291 g/mol. The number of pyridine rings is 3. The summed E-state index contributed by atoms with van der Waals surface area (Å²) >= 11 is 0. The first-order valence-electron chi connectivity index (χ1n) is 6.55. The van der Waals surface area contributed by atoms with E-state index in [0.717, 1.165) is 27.5 Å². The SMILES string of the molecule is O=[N+]([O-])c1ccc(-c2ccc3c(n2)[nH]c2ccncc23)cn1. The Hall–Kier alpha value is -3.35. The highest BCUT2D eigenvalue weighted by molar-refractivity contribution is 6.05. The second kappa shape index (κ2) is 4.59. The number of nitro groups is 1. The minimum absolute atomic E-state index is 0.179. The molecule has 0 fully saturated rings. The molecule has 4 rings (SSSR count). The molecular formula is C15H9N5O2. The molecule has 0 aliphatic heterocycles. The Balaban J connectivity index is 1.85. The van der Waals surface area contributed by atoms with Gasteiger partial charge in [-0.15, -0.1) is 0 Å². The summed E-state index contributed by atoms with van der Waals surface area (Å²) in [4.78, 5) is 25.9. The fraction of sp³-hybridized carbons (Fsp3) is 0. The third-order valence-corrected chi connectivity index (χ3v) is 3.49. The number of H-pyrrole nitrogens is 1. The molecule has 0 atom stereocenters. The third-order valence-electron chi connectivity index (χ3n) is 3.49. The summed E-state index contributed by atoms with van der Waals surface area (Å²) in [6.45, 7) is 0. The summed E-state index contributed by atoms with van der Waals surface area (Å²) in [7, 11) is 0. The summed E-state index contributed by atoms with van der Waals surface area (Å²) in [5.41, 5.74) is 3.15. The van der Waals surface area contributed by atoms with Crippen molar-refractivity contribution in [2.24, 2.45) is 0 Å². The molecule has 0 unspecified atom stereocenters. The van der Waals surface area contributed by atoms with Gasteiger partial charge in [0, 0.05) is 34.8 Å². The first kappa shape index (κ1) is 12.4. The molecule has 0 aliphatic carbocycles. The van der Waals surface area contributed by atoms with Gasteiger partial charge in [-0.1, -0.05) is 0 Å². The van der Waals surface area contributed by atoms with Crippen LogP contribution in [0.15, 0.2) is 48.9 Å². The van der Waals surface area contributed by atoms with E-state index >= 15 is 0 Å². The standard InChI is InChI=1S/C15H9N5O2/c21-20(22)14-4-1-9(7-17-14)12-3-2-10-11-8-16-6-5-13(11)19-15(10)18-12/h1-8H,(H,18,19). The lowest BCUT2D eigenvalue weighted by atomic mass is 10.1. The lowest BCUT2D eigenvalue weighted by molar-refractivity contribution is -0.389. The van der Waals surface area contributed by atoms with Crippen molar-refractivity contribution >= 4 is 27.8 Å². The summed E-state index contributed by atoms with van der Waals surface area (Å²) in [6.07, 6.45) is 4.97. The first-order chi connectivity index (χ1) is 10.7. The van der Waals surface area contributed by atoms with Crippen molar-refractivity contribution in [3.8, 4) is 11.3 Å². The number of nitrogens with one attached hydrogen (secondary N) is 1. The van der Waals surface area contributed by atoms with E-state index in [1.54, 1.807) is 18.5 Å². The Morgan fingerprint density at radius 2 is 1.95 bits per heavy atom. The van der Waals surface area contributed by atoms with Crippen LogP contribution < -0.4 is 0 Å². The van der Waals surface area contributed by atoms with Crippen LogP contribution in [-0.2, 0) is 0 Å². The van der Waals surface area contributed by atoms with Crippen molar-refractivity contribution in [1.29, 1.82) is 0 Å². The van der Waals surface area contributed by atoms with Crippen LogP contribution in [0, 0.1) is 10.1 Å². The number of aromatic amines is 1. The second-order valence-corrected chi connectivity index (χ2v) is 4.80. The summed E-state index contributed by atoms with van der Waals surface area (Å²) in [5.74, 6) is -0.179. The quantitative estimate of drug-likeness (QED) is 0.452. The summed E-state index contributed by atoms with van der Waals surface area (Å²) < 4.78 is 0. The van der Waals surface area contributed by atoms with Crippen LogP contribution in [0.5, 0.6) is 0 Å². The van der Waals surface area contributed by atoms with E-state index in [4.69, 9.17) is 0 Å². The highest BCUT2D eigenvalue weighted by atomic mass is 16.6. The van der Waals surface area contributed by atoms with E-state index in [2.05, 4.69) is 19.9 Å². The number of fused-ring (bicyclic) bond motifs is 3. The first-order valence-corrected chi connectivity index (χ1v) is 6.55. The van der Waals surface area contributed by atoms with E-state index in [1.807, 2.05) is 18.2 Å². The molecule has 0 aromatic carbocycles. The topological polar surface area (TPSA) is 97.6 Å². The van der Waals surface area contributed by atoms with Crippen LogP contribution >= 0.6 is 0 Å². The van der Waals surface area contributed by atoms with Crippen molar-refractivity contribution in [2.45, 2.75) is 0 Å². The van der Waals surface area contributed by atoms with Gasteiger partial charge >= 0.3 is 5.82 Å². The van der Waals surface area contributed by atoms with E-state index in [-0.39, 0.29) is 5.82 Å². The molecule has 0 saturated heterocycles. The fourth-order valence-electron chi connectivity index (χ4n) is 2.42. The minimum Gasteiger partial charge on any atom is -0.358 e. The smallest absolute Gasteiger partial charge is 0.358 e. The predicted molar refractivity (Wildman–Crippen MR) is 81.3 cm³/mol. The molecule has 22 heavy (non-hydrogen) atoms. The molecule has 4 aromatic rings. The van der Waals surface area contributed by atoms with Gasteiger partial charge in [0.05, 0.1) is 11.2 Å². The van der Waals surface area contributed by atoms with Crippen LogP contribution in [0.2, 0.25) is 0 Å². The van der Waals surface area contributed by atoms with Gasteiger partial charge < -0.3 is 15.1 Å². The lowest BCUT2D eigenvalue weighted by Crippen LogP contribution is -1.92. The molecule has 0 saturated carbocycles. The van der Waals surface area contributed by atoms with Gasteiger partial charge in [-0.3, -0.25) is 4.98 Å². The van der Waals surface area contributed by atoms with Gasteiger partial charge in [-0.05, 0) is 34.2 Å². The number of hydrogen-bond donors (Lipinski definition) is 1. The maximum atomic E-state index is 10.6. The Labute approximate surface area is 123 Å². The summed E-state index contributed by atoms with van der Waals surface area (Å²) in [6, 6.07) is 8.73. The second-order valence-electron chi connectivity index (χ2n) is 4.80. The number of rotatable bonds is 2. The minimum atomic E-state index is -0.523. The Morgan fingerprint density at radius 3 is 2.73 bits per heavy atom. The highest BCUT2D eigenvalue weighted by Crippen LogP contribution is 2.26. The van der Waals surface area contributed by atoms with Gasteiger partial charge in [0.15, 0.2) is 0 Å². The van der Waals surface area contributed by atoms with Crippen molar-refractivity contribution in [3.05, 3.63) is 59.0 Å². The van der Waals surface area contributed by atoms with E-state index < -0.39 is 4.92 Å². The molecule has 0 amide bonds. The van der Waals surface area contributed by atoms with Crippen LogP contribution in [0.4, 0.5) is 5.82 Å². The van der Waals surface area contributed by atoms with Crippen LogP contribution in [0.3, 0.4) is 0 Å². The largest absolute Gasteiger partial charge is 0.363 e. The van der Waals surface area contributed by atoms with E-state index in [9.17, 15) is 10.1 Å². The molecular weight excluding hydrogens is 282 g/mol. The number of hydrogen-bond acceptors (Lipinski definition) is 5. The molecule has 7 nitrogen and oxygen atoms in total. The van der Waals surface area contributed by atoms with Crippen molar-refractivity contribution in [3.63, 3.8) is 0 Å². The Bertz CT molecular complexity index is 1010. The average Bonchev–Trinajstić information content (AvgIpc) is 2.92. The van der Waals surface area contributed by atoms with E-state index in [1.165, 1.54) is 12.3 Å². The van der Waals surface area contributed by atoms with E-state index in [0.29, 0.717) is 5.69 Å². The molecule has 0 radical (unpaired) electrons. The zero-order valence-corrected chi connectivity index (χ0v) is 11.2. The average molecular weight is 291 g/mol. The van der Waals surface area contributed by atoms with Gasteiger partial charge in [0.2, 0.25) is 0 Å². The molecule has 4 heterocycles. The normalized spacial score (nSPS) is 11.1. The van der Waals surface area contributed by atoms with Crippen LogP contribution in [0.1, 0.15) is 0 Å². The molecule has 1 N–H and O–H groups in total.